The van der Waals surface area contributed by atoms with Crippen LogP contribution in [0, 0.1) is 23.3 Å². The number of aromatic nitrogens is 11. The number of hydrogen-bond donors (Lipinski definition) is 5. The van der Waals surface area contributed by atoms with Gasteiger partial charge in [0.1, 0.15) is 35.4 Å². The molecular formula is C81H50Cl4F7N15O. The van der Waals surface area contributed by atoms with Gasteiger partial charge in [-0.3, -0.25) is 19.5 Å². The van der Waals surface area contributed by atoms with E-state index >= 15 is 0 Å². The van der Waals surface area contributed by atoms with Crippen LogP contribution in [-0.4, -0.2) is 54.4 Å². The average molecular weight is 1520 g/mol. The minimum absolute atomic E-state index is 0.150. The van der Waals surface area contributed by atoms with E-state index in [-0.39, 0.29) is 39.8 Å². The molecule has 0 aliphatic carbocycles. The van der Waals surface area contributed by atoms with Gasteiger partial charge in [0.25, 0.3) is 0 Å². The largest absolute Gasteiger partial charge is 0.419 e. The molecular weight excluding hydrogens is 1470 g/mol. The van der Waals surface area contributed by atoms with Gasteiger partial charge < -0.3 is 26.7 Å². The number of nitrogens with two attached hydrogens (primary N) is 1. The Labute approximate surface area is 628 Å². The summed E-state index contributed by atoms with van der Waals surface area (Å²) in [5.41, 5.74) is 15.0. The smallest absolute Gasteiger partial charge is 0.396 e. The first-order chi connectivity index (χ1) is 52.3. The van der Waals surface area contributed by atoms with E-state index in [2.05, 4.69) is 65.8 Å². The van der Waals surface area contributed by atoms with Crippen LogP contribution in [0.3, 0.4) is 0 Å². The number of pyridine rings is 7. The molecule has 0 aliphatic rings. The molecule has 16 nitrogen and oxygen atoms in total. The van der Waals surface area contributed by atoms with Crippen molar-refractivity contribution in [3.8, 4) is 50.7 Å². The Hall–Kier alpha value is -12.9. The quantitative estimate of drug-likeness (QED) is 0.0762. The third-order valence-electron chi connectivity index (χ3n) is 16.7. The minimum atomic E-state index is -4.58. The molecule has 108 heavy (non-hydrogen) atoms. The first-order valence-corrected chi connectivity index (χ1v) is 34.0. The molecule has 532 valence electrons. The highest BCUT2D eigenvalue weighted by Crippen LogP contribution is 2.41. The fourth-order valence-corrected chi connectivity index (χ4v) is 12.4. The summed E-state index contributed by atoms with van der Waals surface area (Å²) in [6, 6.07) is 60.1. The summed E-state index contributed by atoms with van der Waals surface area (Å²) in [5.74, 6) is -1.09. The van der Waals surface area contributed by atoms with E-state index in [1.807, 2.05) is 72.8 Å². The van der Waals surface area contributed by atoms with Crippen LogP contribution in [0.2, 0.25) is 20.1 Å². The molecule has 0 amide bonds. The number of nitrogens with one attached hydrogen (secondary N) is 4. The number of benzene rings is 8. The van der Waals surface area contributed by atoms with Gasteiger partial charge in [0.05, 0.1) is 114 Å². The second-order valence-corrected chi connectivity index (χ2v) is 25.5. The minimum Gasteiger partial charge on any atom is -0.396 e. The zero-order valence-electron chi connectivity index (χ0n) is 55.5. The van der Waals surface area contributed by atoms with Gasteiger partial charge in [-0.15, -0.1) is 0 Å². The fraction of sp³-hybridized carbons (Fsp3) is 0.0123. The first-order valence-electron chi connectivity index (χ1n) is 32.5. The fourth-order valence-electron chi connectivity index (χ4n) is 11.7. The third kappa shape index (κ3) is 16.0. The number of hydrogen-bond acceptors (Lipinski definition) is 14. The molecule has 9 aromatic heterocycles. The van der Waals surface area contributed by atoms with Crippen LogP contribution < -0.4 is 27.4 Å². The van der Waals surface area contributed by atoms with E-state index in [9.17, 15) is 35.5 Å². The van der Waals surface area contributed by atoms with E-state index in [0.717, 1.165) is 44.8 Å². The summed E-state index contributed by atoms with van der Waals surface area (Å²) in [6.07, 6.45) is 6.98. The number of para-hydroxylation sites is 4. The Balaban J connectivity index is 0.000000121. The molecule has 8 aromatic carbocycles. The number of anilines is 7. The van der Waals surface area contributed by atoms with Crippen molar-refractivity contribution in [2.45, 2.75) is 6.18 Å². The van der Waals surface area contributed by atoms with Crippen molar-refractivity contribution in [2.75, 3.05) is 21.7 Å². The molecule has 0 aliphatic heterocycles. The van der Waals surface area contributed by atoms with Crippen molar-refractivity contribution in [1.82, 2.24) is 54.4 Å². The molecule has 0 bridgehead atoms. The van der Waals surface area contributed by atoms with Crippen molar-refractivity contribution < 1.29 is 30.7 Å². The van der Waals surface area contributed by atoms with Crippen LogP contribution in [-0.2, 0) is 6.18 Å². The van der Waals surface area contributed by atoms with Crippen LogP contribution in [0.5, 0.6) is 0 Å². The molecule has 0 saturated carbocycles. The SMILES string of the molecule is Fc1ccc(Cl)cc1-c1cc(Nc2ccncc2C(F)(F)F)c2ccccc2n1.Fc1ccc(Cl)cc1-c1cc(Nc2ccncn2)c2ccccc2n1.Nc1cnccc1Nc1cc(-c2cc(Cl)ccc2F)nc2ccccc12.O=c1[nH]c2cnccc2n1-c1cc(-c2cc(Cl)ccc2F)nc2ccccc12. The summed E-state index contributed by atoms with van der Waals surface area (Å²) in [7, 11) is 0. The molecule has 17 aromatic rings. The second-order valence-electron chi connectivity index (χ2n) is 23.8. The lowest BCUT2D eigenvalue weighted by Gasteiger charge is -2.16. The monoisotopic (exact) mass is 1520 g/mol. The van der Waals surface area contributed by atoms with Gasteiger partial charge in [0, 0.05) is 94.9 Å². The molecule has 0 fully saturated rings. The Morgan fingerprint density at radius 1 is 0.398 bits per heavy atom. The number of H-pyrrole nitrogens is 1. The molecule has 0 spiro atoms. The average Bonchev–Trinajstić information content (AvgIpc) is 1.74. The number of nitrogen functional groups attached to an aromatic ring is 1. The summed E-state index contributed by atoms with van der Waals surface area (Å²) in [6.45, 7) is 0. The Morgan fingerprint density at radius 3 is 1.24 bits per heavy atom. The van der Waals surface area contributed by atoms with Gasteiger partial charge in [-0.1, -0.05) is 119 Å². The van der Waals surface area contributed by atoms with Gasteiger partial charge in [0.15, 0.2) is 0 Å². The molecule has 27 heteroatoms. The maximum atomic E-state index is 14.5. The van der Waals surface area contributed by atoms with Crippen molar-refractivity contribution in [3.63, 3.8) is 0 Å². The zero-order chi connectivity index (χ0) is 75.2. The number of fused-ring (bicyclic) bond motifs is 5. The molecule has 0 atom stereocenters. The van der Waals surface area contributed by atoms with Crippen molar-refractivity contribution in [1.29, 1.82) is 0 Å². The van der Waals surface area contributed by atoms with Crippen LogP contribution in [0.4, 0.5) is 70.7 Å². The molecule has 9 heterocycles. The van der Waals surface area contributed by atoms with Gasteiger partial charge in [-0.05, 0) is 146 Å². The Kier molecular flexibility index (Phi) is 20.9. The van der Waals surface area contributed by atoms with Crippen LogP contribution >= 0.6 is 46.4 Å². The van der Waals surface area contributed by atoms with E-state index < -0.39 is 23.4 Å². The number of aromatic amines is 1. The normalized spacial score (nSPS) is 11.2. The van der Waals surface area contributed by atoms with Gasteiger partial charge in [-0.2, -0.15) is 13.2 Å². The zero-order valence-corrected chi connectivity index (χ0v) is 58.5. The molecule has 6 N–H and O–H groups in total. The first kappa shape index (κ1) is 72.0. The maximum absolute atomic E-state index is 14.5. The topological polar surface area (TPSA) is 216 Å². The van der Waals surface area contributed by atoms with E-state index in [1.165, 1.54) is 85.3 Å². The number of alkyl halides is 3. The van der Waals surface area contributed by atoms with Crippen LogP contribution in [0.15, 0.2) is 273 Å². The van der Waals surface area contributed by atoms with Crippen molar-refractivity contribution in [2.24, 2.45) is 0 Å². The molecule has 0 saturated heterocycles. The van der Waals surface area contributed by atoms with E-state index in [1.54, 1.807) is 108 Å². The number of rotatable bonds is 11. The molecule has 0 radical (unpaired) electrons. The Morgan fingerprint density at radius 2 is 0.787 bits per heavy atom. The lowest BCUT2D eigenvalue weighted by atomic mass is 10.1. The number of halogens is 11. The van der Waals surface area contributed by atoms with E-state index in [4.69, 9.17) is 52.1 Å². The summed E-state index contributed by atoms with van der Waals surface area (Å²) in [4.78, 5) is 53.4. The lowest BCUT2D eigenvalue weighted by molar-refractivity contribution is -0.137. The Bertz CT molecular complexity index is 6320. The number of imidazole rings is 1. The number of nitrogens with zero attached hydrogens (tertiary/aromatic N) is 10. The van der Waals surface area contributed by atoms with Gasteiger partial charge in [-0.25, -0.2) is 52.3 Å². The maximum Gasteiger partial charge on any atom is 0.419 e. The molecule has 17 rings (SSSR count). The van der Waals surface area contributed by atoms with Crippen LogP contribution in [0.1, 0.15) is 5.56 Å². The second kappa shape index (κ2) is 31.4. The predicted octanol–water partition coefficient (Wildman–Crippen LogP) is 22.2. The highest BCUT2D eigenvalue weighted by atomic mass is 35.5. The third-order valence-corrected chi connectivity index (χ3v) is 17.7. The highest BCUT2D eigenvalue weighted by Gasteiger charge is 2.34. The summed E-state index contributed by atoms with van der Waals surface area (Å²) < 4.78 is 99.0. The van der Waals surface area contributed by atoms with Crippen molar-refractivity contribution >= 4 is 141 Å². The summed E-state index contributed by atoms with van der Waals surface area (Å²) in [5, 5.41) is 14.1. The van der Waals surface area contributed by atoms with Crippen molar-refractivity contribution in [3.05, 3.63) is 328 Å². The van der Waals surface area contributed by atoms with Gasteiger partial charge in [0.2, 0.25) is 0 Å². The van der Waals surface area contributed by atoms with Crippen LogP contribution in [0.25, 0.3) is 105 Å². The van der Waals surface area contributed by atoms with E-state index in [0.29, 0.717) is 104 Å². The summed E-state index contributed by atoms with van der Waals surface area (Å²) >= 11 is 24.1. The predicted molar refractivity (Wildman–Crippen MR) is 414 cm³/mol. The highest BCUT2D eigenvalue weighted by molar-refractivity contribution is 6.32. The van der Waals surface area contributed by atoms with Gasteiger partial charge >= 0.3 is 11.9 Å². The molecule has 0 unspecified atom stereocenters. The lowest BCUT2D eigenvalue weighted by Crippen LogP contribution is -2.15. The standard InChI is InChI=1S/C21H12ClF4N3.C21H12ClFN4O.C20H14ClFN4.C19H12ClFN4/c22-12-5-6-16(23)14(9-12)20-10-19(13-3-1-2-4-17(13)28-20)29-18-7-8-27-11-15(18)21(24,25)26;22-12-5-6-15(23)14(9-12)17-10-20(13-3-1-2-4-16(13)25-17)27-19-7-8-24-11-18(19)26-21(27)28;21-12-5-6-15(22)14(9-12)20-10-19(13-3-1-2-4-17(13)25-20)26-18-7-8-24-11-16(18)23;20-12-5-6-15(21)14(9-12)18-10-17(25-19-7-8-22-11-23-19)13-3-1-2-4-16(13)24-18/h1-11H,(H,27,28,29);1-11H,(H,26,28);1-11H,23H2,(H,24,25,26);1-11H,(H,22,23,24,25).